The van der Waals surface area contributed by atoms with Crippen molar-refractivity contribution >= 4 is 16.0 Å². The minimum absolute atomic E-state index is 0.540. The van der Waals surface area contributed by atoms with E-state index in [-0.39, 0.29) is 0 Å². The van der Waals surface area contributed by atoms with Gasteiger partial charge in [-0.05, 0) is 0 Å². The Morgan fingerprint density at radius 3 is 2.44 bits per heavy atom. The molecule has 0 bridgehead atoms. The summed E-state index contributed by atoms with van der Waals surface area (Å²) in [6, 6.07) is 0. The van der Waals surface area contributed by atoms with Crippen molar-refractivity contribution in [1.82, 2.24) is 0 Å². The first-order valence-corrected chi connectivity index (χ1v) is 6.81. The zero-order chi connectivity index (χ0) is 12.0. The third-order valence-electron chi connectivity index (χ3n) is 2.29. The first kappa shape index (κ1) is 13.9. The molecule has 0 atom stereocenters. The Bertz CT molecular complexity index is 276. The van der Waals surface area contributed by atoms with Gasteiger partial charge >= 0.3 is 105 Å². The molecule has 0 saturated carbocycles. The van der Waals surface area contributed by atoms with Crippen LogP contribution in [0.5, 0.6) is 0 Å². The fourth-order valence-electron chi connectivity index (χ4n) is 1.19. The molecule has 0 aromatic rings. The van der Waals surface area contributed by atoms with Crippen molar-refractivity contribution in [3.05, 3.63) is 23.3 Å². The molecule has 1 heterocycles. The monoisotopic (exact) mass is 292 g/mol. The van der Waals surface area contributed by atoms with Gasteiger partial charge in [0.1, 0.15) is 0 Å². The molecule has 0 unspecified atom stereocenters. The van der Waals surface area contributed by atoms with E-state index in [1.54, 1.807) is 0 Å². The third kappa shape index (κ3) is 5.28. The average Bonchev–Trinajstić information content (AvgIpc) is 2.98. The summed E-state index contributed by atoms with van der Waals surface area (Å²) in [6.45, 7) is 6.89. The predicted octanol–water partition coefficient (Wildman–Crippen LogP) is 2.63. The molecule has 3 nitrogen and oxygen atoms in total. The van der Waals surface area contributed by atoms with Gasteiger partial charge in [-0.2, -0.15) is 0 Å². The van der Waals surface area contributed by atoms with Crippen LogP contribution in [0.25, 0.3) is 0 Å². The van der Waals surface area contributed by atoms with Crippen molar-refractivity contribution in [2.24, 2.45) is 0 Å². The van der Waals surface area contributed by atoms with E-state index < -0.39 is 5.97 Å². The summed E-state index contributed by atoms with van der Waals surface area (Å²) in [4.78, 5) is 9.53. The summed E-state index contributed by atoms with van der Waals surface area (Å²) in [7, 11) is 0. The molecule has 0 aromatic heterocycles. The van der Waals surface area contributed by atoms with E-state index >= 15 is 0 Å². The molecule has 0 aliphatic carbocycles. The molecule has 0 spiro atoms. The molecule has 0 N–H and O–H groups in total. The molecule has 1 aliphatic rings. The summed E-state index contributed by atoms with van der Waals surface area (Å²) in [6.07, 6.45) is 6.49. The topological polar surface area (TPSA) is 34.3 Å². The van der Waals surface area contributed by atoms with Gasteiger partial charge in [-0.15, -0.1) is 0 Å². The summed E-state index contributed by atoms with van der Waals surface area (Å²) in [5, 5.41) is 0.657. The van der Waals surface area contributed by atoms with Gasteiger partial charge in [0, 0.05) is 0 Å². The van der Waals surface area contributed by atoms with E-state index in [4.69, 9.17) is 14.5 Å². The second kappa shape index (κ2) is 6.57. The summed E-state index contributed by atoms with van der Waals surface area (Å²) >= 11 is 2.40. The van der Waals surface area contributed by atoms with E-state index in [9.17, 15) is 0 Å². The van der Waals surface area contributed by atoms with E-state index in [1.165, 1.54) is 11.1 Å². The van der Waals surface area contributed by atoms with E-state index in [2.05, 4.69) is 48.9 Å². The van der Waals surface area contributed by atoms with Crippen molar-refractivity contribution in [3.63, 3.8) is 0 Å². The predicted molar refractivity (Wildman–Crippen MR) is 65.2 cm³/mol. The molecule has 0 radical (unpaired) electrons. The number of rotatable bonds is 7. The summed E-state index contributed by atoms with van der Waals surface area (Å²) in [5.41, 5.74) is 2.70. The summed E-state index contributed by atoms with van der Waals surface area (Å²) < 4.78 is 5.44. The van der Waals surface area contributed by atoms with Crippen molar-refractivity contribution < 1.29 is 14.5 Å². The fourth-order valence-corrected chi connectivity index (χ4v) is 1.61. The molecule has 1 saturated heterocycles. The Morgan fingerprint density at radius 1 is 1.25 bits per heavy atom. The van der Waals surface area contributed by atoms with Crippen LogP contribution in [0.2, 0.25) is 5.32 Å². The third-order valence-corrected chi connectivity index (χ3v) is 3.10. The van der Waals surface area contributed by atoms with Crippen LogP contribution in [-0.4, -0.2) is 28.6 Å². The average molecular weight is 291 g/mol. The van der Waals surface area contributed by atoms with Crippen LogP contribution in [0.4, 0.5) is 0 Å². The van der Waals surface area contributed by atoms with E-state index in [0.29, 0.717) is 11.9 Å². The summed E-state index contributed by atoms with van der Waals surface area (Å²) in [5.74, 6) is -0.767. The molecule has 4 heteroatoms. The van der Waals surface area contributed by atoms with Gasteiger partial charge in [0.2, 0.25) is 0 Å². The van der Waals surface area contributed by atoms with Crippen LogP contribution in [0.3, 0.4) is 0 Å². The van der Waals surface area contributed by atoms with Crippen LogP contribution in [0.1, 0.15) is 33.6 Å². The SMILES string of the molecule is CC(C)=CCC/C(C)=C/COC1(C[SeH])OO1. The molecular weight excluding hydrogens is 271 g/mol. The standard InChI is InChI=1S/C12H20O3Se/c1-10(2)5-4-6-11(3)7-8-13-12(9-16)14-15-12/h5,7,16H,4,6,8-9H2,1-3H3/b11-7+. The van der Waals surface area contributed by atoms with Crippen molar-refractivity contribution in [2.45, 2.75) is 44.9 Å². The van der Waals surface area contributed by atoms with Crippen LogP contribution < -0.4 is 0 Å². The molecule has 0 aromatic carbocycles. The van der Waals surface area contributed by atoms with Gasteiger partial charge < -0.3 is 0 Å². The second-order valence-corrected chi connectivity index (χ2v) is 4.85. The molecule has 0 amide bonds. The molecule has 1 aliphatic heterocycles. The van der Waals surface area contributed by atoms with Crippen molar-refractivity contribution in [3.8, 4) is 0 Å². The van der Waals surface area contributed by atoms with Crippen molar-refractivity contribution in [1.29, 1.82) is 0 Å². The first-order valence-electron chi connectivity index (χ1n) is 5.48. The Labute approximate surface area is 106 Å². The number of ether oxygens (including phenoxy) is 1. The fraction of sp³-hybridized carbons (Fsp3) is 0.667. The maximum atomic E-state index is 5.44. The van der Waals surface area contributed by atoms with Crippen molar-refractivity contribution in [2.75, 3.05) is 6.61 Å². The zero-order valence-corrected chi connectivity index (χ0v) is 12.0. The number of hydrogen-bond donors (Lipinski definition) is 0. The van der Waals surface area contributed by atoms with Gasteiger partial charge in [0.25, 0.3) is 0 Å². The van der Waals surface area contributed by atoms with Crippen LogP contribution >= 0.6 is 0 Å². The molecule has 92 valence electrons. The van der Waals surface area contributed by atoms with Gasteiger partial charge in [-0.25, -0.2) is 0 Å². The van der Waals surface area contributed by atoms with Gasteiger partial charge in [0.05, 0.1) is 0 Å². The number of hydrogen-bond acceptors (Lipinski definition) is 3. The quantitative estimate of drug-likeness (QED) is 0.313. The maximum absolute atomic E-state index is 5.44. The van der Waals surface area contributed by atoms with Gasteiger partial charge in [0.15, 0.2) is 0 Å². The number of allylic oxidation sites excluding steroid dienone is 3. The Kier molecular flexibility index (Phi) is 5.73. The van der Waals surface area contributed by atoms with E-state index in [0.717, 1.165) is 12.8 Å². The first-order chi connectivity index (χ1) is 7.58. The molecule has 1 fully saturated rings. The normalized spacial score (nSPS) is 18.4. The molecule has 1 rings (SSSR count). The molecule has 16 heavy (non-hydrogen) atoms. The minimum atomic E-state index is -0.767. The molecular formula is C12H20O3Se. The van der Waals surface area contributed by atoms with E-state index in [1.807, 2.05) is 0 Å². The van der Waals surface area contributed by atoms with Crippen LogP contribution in [0.15, 0.2) is 23.3 Å². The van der Waals surface area contributed by atoms with Gasteiger partial charge in [-0.1, -0.05) is 0 Å². The zero-order valence-electron chi connectivity index (χ0n) is 10.2. The van der Waals surface area contributed by atoms with Gasteiger partial charge in [-0.3, -0.25) is 0 Å². The Balaban J connectivity index is 2.16. The second-order valence-electron chi connectivity index (χ2n) is 4.19. The van der Waals surface area contributed by atoms with Crippen LogP contribution in [0, 0.1) is 0 Å². The van der Waals surface area contributed by atoms with Crippen LogP contribution in [-0.2, 0) is 14.5 Å². The Hall–Kier alpha value is -0.121. The Morgan fingerprint density at radius 2 is 1.94 bits per heavy atom.